The smallest absolute Gasteiger partial charge is 0.0461 e. The van der Waals surface area contributed by atoms with Gasteiger partial charge in [-0.1, -0.05) is 30.4 Å². The highest BCUT2D eigenvalue weighted by molar-refractivity contribution is 7.80. The second-order valence-corrected chi connectivity index (χ2v) is 3.12. The first-order valence-corrected chi connectivity index (χ1v) is 3.98. The molecule has 0 heterocycles. The number of benzene rings is 1. The Balaban J connectivity index is 2.45. The van der Waals surface area contributed by atoms with E-state index in [-0.39, 0.29) is 0 Å². The quantitative estimate of drug-likeness (QED) is 0.691. The first-order valence-electron chi connectivity index (χ1n) is 3.57. The average molecular weight is 165 g/mol. The molecule has 0 spiro atoms. The van der Waals surface area contributed by atoms with Gasteiger partial charge in [0.1, 0.15) is 0 Å². The summed E-state index contributed by atoms with van der Waals surface area (Å²) in [6, 6.07) is 10.0. The predicted molar refractivity (Wildman–Crippen MR) is 53.2 cm³/mol. The van der Waals surface area contributed by atoms with Crippen molar-refractivity contribution in [1.82, 2.24) is 0 Å². The van der Waals surface area contributed by atoms with E-state index in [4.69, 9.17) is 12.2 Å². The largest absolute Gasteiger partial charge is 0.380 e. The summed E-state index contributed by atoms with van der Waals surface area (Å²) in [4.78, 5) is 0.980. The molecular weight excluding hydrogens is 154 g/mol. The summed E-state index contributed by atoms with van der Waals surface area (Å²) in [6.07, 6.45) is 0. The third kappa shape index (κ3) is 3.14. The lowest BCUT2D eigenvalue weighted by atomic mass is 10.3. The van der Waals surface area contributed by atoms with Crippen LogP contribution in [0.5, 0.6) is 0 Å². The highest BCUT2D eigenvalue weighted by Gasteiger charge is 1.88. The fourth-order valence-electron chi connectivity index (χ4n) is 0.783. The lowest BCUT2D eigenvalue weighted by molar-refractivity contribution is 1.40. The van der Waals surface area contributed by atoms with Crippen molar-refractivity contribution in [3.8, 4) is 0 Å². The van der Waals surface area contributed by atoms with Gasteiger partial charge in [0, 0.05) is 17.1 Å². The van der Waals surface area contributed by atoms with E-state index in [2.05, 4.69) is 5.32 Å². The summed E-state index contributed by atoms with van der Waals surface area (Å²) in [5.74, 6) is 0. The SMILES string of the molecule is CC(=S)CNc1ccccc1. The van der Waals surface area contributed by atoms with Crippen molar-refractivity contribution in [3.05, 3.63) is 30.3 Å². The Hall–Kier alpha value is -0.890. The number of thiocarbonyl (C=S) groups is 1. The third-order valence-electron chi connectivity index (χ3n) is 1.32. The molecule has 0 amide bonds. The van der Waals surface area contributed by atoms with Crippen LogP contribution in [0, 0.1) is 0 Å². The highest BCUT2D eigenvalue weighted by Crippen LogP contribution is 2.03. The fourth-order valence-corrected chi connectivity index (χ4v) is 0.855. The molecule has 0 saturated carbocycles. The number of rotatable bonds is 3. The van der Waals surface area contributed by atoms with Crippen LogP contribution in [0.25, 0.3) is 0 Å². The molecule has 0 aliphatic rings. The molecule has 0 unspecified atom stereocenters. The van der Waals surface area contributed by atoms with Crippen LogP contribution in [0.1, 0.15) is 6.92 Å². The van der Waals surface area contributed by atoms with Gasteiger partial charge in [0.25, 0.3) is 0 Å². The van der Waals surface area contributed by atoms with Crippen LogP contribution in [0.4, 0.5) is 5.69 Å². The van der Waals surface area contributed by atoms with E-state index >= 15 is 0 Å². The standard InChI is InChI=1S/C9H11NS/c1-8(11)7-10-9-5-3-2-4-6-9/h2-6,10H,7H2,1H3. The number of anilines is 1. The van der Waals surface area contributed by atoms with Gasteiger partial charge in [-0.15, -0.1) is 0 Å². The minimum absolute atomic E-state index is 0.777. The maximum absolute atomic E-state index is 4.93. The zero-order valence-electron chi connectivity index (χ0n) is 6.50. The number of hydrogen-bond acceptors (Lipinski definition) is 2. The van der Waals surface area contributed by atoms with Gasteiger partial charge >= 0.3 is 0 Å². The number of nitrogens with one attached hydrogen (secondary N) is 1. The molecule has 0 fully saturated rings. The summed E-state index contributed by atoms with van der Waals surface area (Å²) >= 11 is 4.93. The monoisotopic (exact) mass is 165 g/mol. The van der Waals surface area contributed by atoms with Crippen LogP contribution >= 0.6 is 12.2 Å². The molecule has 1 aromatic rings. The second-order valence-electron chi connectivity index (χ2n) is 2.42. The maximum atomic E-state index is 4.93. The molecule has 0 aromatic heterocycles. The summed E-state index contributed by atoms with van der Waals surface area (Å²) in [7, 11) is 0. The van der Waals surface area contributed by atoms with Gasteiger partial charge in [0.05, 0.1) is 0 Å². The first kappa shape index (κ1) is 8.21. The van der Waals surface area contributed by atoms with E-state index in [0.717, 1.165) is 17.1 Å². The minimum Gasteiger partial charge on any atom is -0.380 e. The van der Waals surface area contributed by atoms with Crippen LogP contribution in [-0.2, 0) is 0 Å². The van der Waals surface area contributed by atoms with Crippen molar-refractivity contribution < 1.29 is 0 Å². The topological polar surface area (TPSA) is 12.0 Å². The Labute approximate surface area is 72.4 Å². The normalized spacial score (nSPS) is 9.18. The first-order chi connectivity index (χ1) is 5.29. The molecule has 58 valence electrons. The predicted octanol–water partition coefficient (Wildman–Crippen LogP) is 2.49. The van der Waals surface area contributed by atoms with Gasteiger partial charge in [-0.3, -0.25) is 0 Å². The molecule has 0 saturated heterocycles. The second kappa shape index (κ2) is 4.09. The van der Waals surface area contributed by atoms with E-state index in [1.54, 1.807) is 0 Å². The number of para-hydroxylation sites is 1. The Morgan fingerprint density at radius 1 is 1.36 bits per heavy atom. The molecule has 1 rings (SSSR count). The van der Waals surface area contributed by atoms with Crippen LogP contribution < -0.4 is 5.32 Å². The van der Waals surface area contributed by atoms with Gasteiger partial charge < -0.3 is 5.32 Å². The summed E-state index contributed by atoms with van der Waals surface area (Å²) < 4.78 is 0. The number of hydrogen-bond donors (Lipinski definition) is 1. The molecule has 0 aliphatic carbocycles. The zero-order chi connectivity index (χ0) is 8.10. The minimum atomic E-state index is 0.777. The fraction of sp³-hybridized carbons (Fsp3) is 0.222. The molecule has 0 aliphatic heterocycles. The van der Waals surface area contributed by atoms with Crippen molar-refractivity contribution in [2.45, 2.75) is 6.92 Å². The molecule has 2 heteroatoms. The molecule has 11 heavy (non-hydrogen) atoms. The molecule has 1 aromatic carbocycles. The van der Waals surface area contributed by atoms with E-state index in [1.165, 1.54) is 0 Å². The molecule has 0 atom stereocenters. The molecular formula is C9H11NS. The van der Waals surface area contributed by atoms with E-state index in [9.17, 15) is 0 Å². The Bertz CT molecular complexity index is 231. The summed E-state index contributed by atoms with van der Waals surface area (Å²) in [5.41, 5.74) is 1.12. The Morgan fingerprint density at radius 2 is 2.00 bits per heavy atom. The summed E-state index contributed by atoms with van der Waals surface area (Å²) in [5, 5.41) is 3.20. The van der Waals surface area contributed by atoms with E-state index in [1.807, 2.05) is 37.3 Å². The third-order valence-corrected chi connectivity index (χ3v) is 1.46. The Kier molecular flexibility index (Phi) is 3.05. The van der Waals surface area contributed by atoms with Gasteiger partial charge in [0.15, 0.2) is 0 Å². The van der Waals surface area contributed by atoms with E-state index < -0.39 is 0 Å². The van der Waals surface area contributed by atoms with Crippen LogP contribution in [0.2, 0.25) is 0 Å². The lowest BCUT2D eigenvalue weighted by Gasteiger charge is -2.02. The summed E-state index contributed by atoms with van der Waals surface area (Å²) in [6.45, 7) is 2.71. The molecule has 1 nitrogen and oxygen atoms in total. The zero-order valence-corrected chi connectivity index (χ0v) is 7.32. The van der Waals surface area contributed by atoms with Gasteiger partial charge in [-0.25, -0.2) is 0 Å². The average Bonchev–Trinajstić information content (AvgIpc) is 2.03. The van der Waals surface area contributed by atoms with Crippen molar-refractivity contribution in [2.24, 2.45) is 0 Å². The van der Waals surface area contributed by atoms with Gasteiger partial charge in [0.2, 0.25) is 0 Å². The van der Waals surface area contributed by atoms with Crippen molar-refractivity contribution in [1.29, 1.82) is 0 Å². The Morgan fingerprint density at radius 3 is 2.55 bits per heavy atom. The van der Waals surface area contributed by atoms with E-state index in [0.29, 0.717) is 0 Å². The van der Waals surface area contributed by atoms with Gasteiger partial charge in [-0.2, -0.15) is 0 Å². The van der Waals surface area contributed by atoms with Crippen molar-refractivity contribution in [2.75, 3.05) is 11.9 Å². The van der Waals surface area contributed by atoms with Crippen molar-refractivity contribution in [3.63, 3.8) is 0 Å². The van der Waals surface area contributed by atoms with Crippen LogP contribution in [0.3, 0.4) is 0 Å². The van der Waals surface area contributed by atoms with Gasteiger partial charge in [-0.05, 0) is 19.1 Å². The maximum Gasteiger partial charge on any atom is 0.0461 e. The molecule has 0 bridgehead atoms. The highest BCUT2D eigenvalue weighted by atomic mass is 32.1. The molecule has 0 radical (unpaired) electrons. The molecule has 1 N–H and O–H groups in total. The van der Waals surface area contributed by atoms with Crippen LogP contribution in [-0.4, -0.2) is 11.4 Å². The van der Waals surface area contributed by atoms with Crippen molar-refractivity contribution >= 4 is 22.8 Å². The van der Waals surface area contributed by atoms with Crippen LogP contribution in [0.15, 0.2) is 30.3 Å². The lowest BCUT2D eigenvalue weighted by Crippen LogP contribution is -2.07.